The van der Waals surface area contributed by atoms with Crippen molar-refractivity contribution in [2.45, 2.75) is 30.7 Å². The van der Waals surface area contributed by atoms with E-state index in [9.17, 15) is 4.79 Å². The maximum atomic E-state index is 11.4. The summed E-state index contributed by atoms with van der Waals surface area (Å²) in [7, 11) is 3.54. The smallest absolute Gasteiger partial charge is 0.317 e. The van der Waals surface area contributed by atoms with E-state index in [1.807, 2.05) is 0 Å². The van der Waals surface area contributed by atoms with Crippen molar-refractivity contribution in [3.05, 3.63) is 0 Å². The average Bonchev–Trinajstić information content (AvgIpc) is 2.62. The molecule has 14 heavy (non-hydrogen) atoms. The lowest BCUT2D eigenvalue weighted by Gasteiger charge is -2.26. The van der Waals surface area contributed by atoms with Crippen LogP contribution in [0.2, 0.25) is 0 Å². The Morgan fingerprint density at radius 1 is 1.29 bits per heavy atom. The van der Waals surface area contributed by atoms with Crippen LogP contribution in [0.4, 0.5) is 4.79 Å². The fraction of sp³-hybridized carbons (Fsp3) is 0.900. The maximum absolute atomic E-state index is 11.4. The number of hydrogen-bond donors (Lipinski definition) is 1. The minimum absolute atomic E-state index is 0.0219. The van der Waals surface area contributed by atoms with Crippen LogP contribution in [0.1, 0.15) is 19.3 Å². The van der Waals surface area contributed by atoms with Crippen LogP contribution in [0.3, 0.4) is 0 Å². The minimum Gasteiger partial charge on any atom is -0.335 e. The van der Waals surface area contributed by atoms with E-state index in [2.05, 4.69) is 5.32 Å². The van der Waals surface area contributed by atoms with Gasteiger partial charge in [0, 0.05) is 25.5 Å². The molecule has 0 aromatic heterocycles. The molecule has 4 unspecified atom stereocenters. The van der Waals surface area contributed by atoms with Crippen molar-refractivity contribution >= 4 is 17.6 Å². The number of alkyl halides is 1. The Morgan fingerprint density at radius 2 is 2.00 bits per heavy atom. The molecule has 4 atom stereocenters. The van der Waals surface area contributed by atoms with Crippen LogP contribution in [0.15, 0.2) is 0 Å². The number of carbonyl (C=O) groups excluding carboxylic acids is 1. The number of fused-ring (bicyclic) bond motifs is 2. The minimum atomic E-state index is 0.0219. The number of urea groups is 1. The van der Waals surface area contributed by atoms with E-state index in [4.69, 9.17) is 11.6 Å². The standard InChI is InChI=1S/C10H17ClN2O/c1-13(2)10(14)12-9-5-6-3-7(9)4-8(6)11/h6-9H,3-5H2,1-2H3,(H,12,14). The summed E-state index contributed by atoms with van der Waals surface area (Å²) in [6, 6.07) is 0.388. The van der Waals surface area contributed by atoms with Crippen molar-refractivity contribution in [3.8, 4) is 0 Å². The molecular formula is C10H17ClN2O. The van der Waals surface area contributed by atoms with E-state index >= 15 is 0 Å². The molecule has 2 aliphatic rings. The van der Waals surface area contributed by atoms with Crippen LogP contribution < -0.4 is 5.32 Å². The summed E-state index contributed by atoms with van der Waals surface area (Å²) in [5, 5.41) is 3.41. The van der Waals surface area contributed by atoms with Crippen LogP contribution in [-0.2, 0) is 0 Å². The third kappa shape index (κ3) is 1.70. The monoisotopic (exact) mass is 216 g/mol. The van der Waals surface area contributed by atoms with Gasteiger partial charge in [-0.1, -0.05) is 0 Å². The Hall–Kier alpha value is -0.440. The molecule has 0 heterocycles. The summed E-state index contributed by atoms with van der Waals surface area (Å²) < 4.78 is 0. The largest absolute Gasteiger partial charge is 0.335 e. The first-order valence-electron chi connectivity index (χ1n) is 5.20. The lowest BCUT2D eigenvalue weighted by molar-refractivity contribution is 0.207. The molecule has 4 heteroatoms. The Kier molecular flexibility index (Phi) is 2.60. The van der Waals surface area contributed by atoms with Gasteiger partial charge in [-0.05, 0) is 31.1 Å². The summed E-state index contributed by atoms with van der Waals surface area (Å²) >= 11 is 6.15. The van der Waals surface area contributed by atoms with Gasteiger partial charge < -0.3 is 10.2 Å². The normalized spacial score (nSPS) is 39.9. The lowest BCUT2D eigenvalue weighted by atomic mass is 9.95. The van der Waals surface area contributed by atoms with Gasteiger partial charge in [0.05, 0.1) is 0 Å². The summed E-state index contributed by atoms with van der Waals surface area (Å²) in [5.74, 6) is 1.25. The Bertz CT molecular complexity index is 242. The van der Waals surface area contributed by atoms with Crippen molar-refractivity contribution in [2.75, 3.05) is 14.1 Å². The average molecular weight is 217 g/mol. The molecule has 2 fully saturated rings. The maximum Gasteiger partial charge on any atom is 0.317 e. The number of nitrogens with zero attached hydrogens (tertiary/aromatic N) is 1. The fourth-order valence-electron chi connectivity index (χ4n) is 2.67. The van der Waals surface area contributed by atoms with E-state index in [-0.39, 0.29) is 6.03 Å². The molecule has 0 aliphatic heterocycles. The van der Waals surface area contributed by atoms with Gasteiger partial charge in [-0.2, -0.15) is 0 Å². The molecular weight excluding hydrogens is 200 g/mol. The van der Waals surface area contributed by atoms with Gasteiger partial charge >= 0.3 is 6.03 Å². The molecule has 0 radical (unpaired) electrons. The van der Waals surface area contributed by atoms with Crippen molar-refractivity contribution in [1.82, 2.24) is 10.2 Å². The molecule has 0 saturated heterocycles. The second-order valence-electron chi connectivity index (χ2n) is 4.69. The van der Waals surface area contributed by atoms with Crippen LogP contribution >= 0.6 is 11.6 Å². The number of carbonyl (C=O) groups is 1. The Morgan fingerprint density at radius 3 is 2.43 bits per heavy atom. The second kappa shape index (κ2) is 3.61. The van der Waals surface area contributed by atoms with Crippen molar-refractivity contribution < 1.29 is 4.79 Å². The molecule has 1 N–H and O–H groups in total. The Labute approximate surface area is 89.8 Å². The summed E-state index contributed by atoms with van der Waals surface area (Å²) in [4.78, 5) is 13.0. The van der Waals surface area contributed by atoms with Gasteiger partial charge in [0.2, 0.25) is 0 Å². The number of halogens is 1. The van der Waals surface area contributed by atoms with Gasteiger partial charge in [0.25, 0.3) is 0 Å². The molecule has 0 spiro atoms. The predicted molar refractivity (Wildman–Crippen MR) is 56.5 cm³/mol. The van der Waals surface area contributed by atoms with Crippen LogP contribution in [0.5, 0.6) is 0 Å². The number of nitrogens with one attached hydrogen (secondary N) is 1. The summed E-state index contributed by atoms with van der Waals surface area (Å²) in [5.41, 5.74) is 0. The van der Waals surface area contributed by atoms with Gasteiger partial charge in [-0.3, -0.25) is 0 Å². The third-order valence-electron chi connectivity index (χ3n) is 3.49. The van der Waals surface area contributed by atoms with Crippen molar-refractivity contribution in [3.63, 3.8) is 0 Å². The highest BCUT2D eigenvalue weighted by Crippen LogP contribution is 2.47. The van der Waals surface area contributed by atoms with E-state index in [0.717, 1.165) is 12.8 Å². The molecule has 0 aromatic rings. The summed E-state index contributed by atoms with van der Waals surface area (Å²) in [6.45, 7) is 0. The first-order chi connectivity index (χ1) is 6.58. The zero-order valence-electron chi connectivity index (χ0n) is 8.66. The van der Waals surface area contributed by atoms with Gasteiger partial charge in [-0.15, -0.1) is 11.6 Å². The molecule has 0 aromatic carbocycles. The quantitative estimate of drug-likeness (QED) is 0.665. The fourth-order valence-corrected chi connectivity index (χ4v) is 3.10. The molecule has 80 valence electrons. The first kappa shape index (κ1) is 10.1. The number of amides is 2. The van der Waals surface area contributed by atoms with Crippen LogP contribution in [0, 0.1) is 11.8 Å². The topological polar surface area (TPSA) is 32.3 Å². The lowest BCUT2D eigenvalue weighted by Crippen LogP contribution is -2.44. The number of hydrogen-bond acceptors (Lipinski definition) is 1. The molecule has 2 aliphatic carbocycles. The third-order valence-corrected chi connectivity index (χ3v) is 4.02. The van der Waals surface area contributed by atoms with E-state index < -0.39 is 0 Å². The Balaban J connectivity index is 1.88. The first-order valence-corrected chi connectivity index (χ1v) is 5.63. The van der Waals surface area contributed by atoms with E-state index in [1.165, 1.54) is 6.42 Å². The van der Waals surface area contributed by atoms with Crippen molar-refractivity contribution in [1.29, 1.82) is 0 Å². The summed E-state index contributed by atoms with van der Waals surface area (Å²) in [6.07, 6.45) is 3.34. The molecule has 2 saturated carbocycles. The number of rotatable bonds is 1. The van der Waals surface area contributed by atoms with Crippen molar-refractivity contribution in [2.24, 2.45) is 11.8 Å². The van der Waals surface area contributed by atoms with Crippen LogP contribution in [0.25, 0.3) is 0 Å². The van der Waals surface area contributed by atoms with E-state index in [0.29, 0.717) is 23.3 Å². The molecule has 2 rings (SSSR count). The van der Waals surface area contributed by atoms with Gasteiger partial charge in [0.15, 0.2) is 0 Å². The van der Waals surface area contributed by atoms with Crippen LogP contribution in [-0.4, -0.2) is 36.4 Å². The van der Waals surface area contributed by atoms with Gasteiger partial charge in [-0.25, -0.2) is 4.79 Å². The van der Waals surface area contributed by atoms with Gasteiger partial charge in [0.1, 0.15) is 0 Å². The molecule has 2 bridgehead atoms. The highest BCUT2D eigenvalue weighted by atomic mass is 35.5. The highest BCUT2D eigenvalue weighted by molar-refractivity contribution is 6.21. The predicted octanol–water partition coefficient (Wildman–Crippen LogP) is 1.66. The highest BCUT2D eigenvalue weighted by Gasteiger charge is 2.45. The molecule has 2 amide bonds. The zero-order chi connectivity index (χ0) is 10.3. The SMILES string of the molecule is CN(C)C(=O)NC1CC2CC1CC2Cl. The zero-order valence-corrected chi connectivity index (χ0v) is 9.42. The molecule has 3 nitrogen and oxygen atoms in total. The second-order valence-corrected chi connectivity index (χ2v) is 5.25. The van der Waals surface area contributed by atoms with E-state index in [1.54, 1.807) is 19.0 Å².